The molecule has 3 rings (SSSR count). The van der Waals surface area contributed by atoms with Gasteiger partial charge in [-0.05, 0) is 48.4 Å². The molecule has 2 unspecified atom stereocenters. The molecule has 3 nitrogen and oxygen atoms in total. The summed E-state index contributed by atoms with van der Waals surface area (Å²) in [5, 5.41) is 13.7. The number of aryl methyl sites for hydroxylation is 1. The van der Waals surface area contributed by atoms with Crippen LogP contribution in [0.4, 0.5) is 0 Å². The van der Waals surface area contributed by atoms with Gasteiger partial charge in [-0.2, -0.15) is 0 Å². The minimum atomic E-state index is -0.519. The minimum absolute atomic E-state index is 0. The van der Waals surface area contributed by atoms with Gasteiger partial charge in [0.1, 0.15) is 18.5 Å². The van der Waals surface area contributed by atoms with Crippen LogP contribution < -0.4 is 10.1 Å². The molecule has 0 amide bonds. The molecule has 2 atom stereocenters. The molecule has 1 aliphatic carbocycles. The number of aliphatic hydroxyl groups excluding tert-OH is 1. The summed E-state index contributed by atoms with van der Waals surface area (Å²) >= 11 is 0. The summed E-state index contributed by atoms with van der Waals surface area (Å²) in [7, 11) is 0. The van der Waals surface area contributed by atoms with Gasteiger partial charge in [0.15, 0.2) is 0 Å². The first-order chi connectivity index (χ1) is 12.3. The van der Waals surface area contributed by atoms with E-state index in [9.17, 15) is 5.11 Å². The molecule has 0 spiro atoms. The fraction of sp³-hybridized carbons (Fsp3) is 0.364. The molecule has 0 fully saturated rings. The third-order valence-corrected chi connectivity index (χ3v) is 4.76. The van der Waals surface area contributed by atoms with Crippen molar-refractivity contribution in [2.45, 2.75) is 37.8 Å². The topological polar surface area (TPSA) is 41.5 Å². The van der Waals surface area contributed by atoms with Crippen molar-refractivity contribution in [3.05, 3.63) is 77.9 Å². The number of para-hydroxylation sites is 1. The van der Waals surface area contributed by atoms with Crippen LogP contribution in [0.3, 0.4) is 0 Å². The highest BCUT2D eigenvalue weighted by molar-refractivity contribution is 5.85. The van der Waals surface area contributed by atoms with E-state index >= 15 is 0 Å². The Morgan fingerprint density at radius 1 is 1.15 bits per heavy atom. The van der Waals surface area contributed by atoms with Crippen LogP contribution in [-0.2, 0) is 19.3 Å². The van der Waals surface area contributed by atoms with Crippen LogP contribution in [0.2, 0.25) is 0 Å². The van der Waals surface area contributed by atoms with E-state index in [0.29, 0.717) is 19.2 Å². The maximum atomic E-state index is 10.2. The number of hydrogen-bond acceptors (Lipinski definition) is 3. The number of benzene rings is 2. The molecule has 0 heterocycles. The Balaban J connectivity index is 0.00000243. The Bertz CT molecular complexity index is 704. The standard InChI is InChI=1S/C22H27NO2.ClH/c1-2-7-18-9-5-6-11-22(18)25-16-21(24)15-23-20-13-12-17-8-3-4-10-19(17)14-20;/h2-6,8-11,20-21,23-24H,1,7,12-16H2;1H. The number of aliphatic hydroxyl groups is 1. The highest BCUT2D eigenvalue weighted by Gasteiger charge is 2.18. The molecular weight excluding hydrogens is 346 g/mol. The lowest BCUT2D eigenvalue weighted by atomic mass is 9.88. The third-order valence-electron chi connectivity index (χ3n) is 4.76. The molecular formula is C22H28ClNO2. The first-order valence-corrected chi connectivity index (χ1v) is 9.06. The molecule has 2 aromatic rings. The van der Waals surface area contributed by atoms with E-state index < -0.39 is 6.10 Å². The predicted molar refractivity (Wildman–Crippen MR) is 109 cm³/mol. The van der Waals surface area contributed by atoms with Gasteiger partial charge in [-0.25, -0.2) is 0 Å². The van der Waals surface area contributed by atoms with Crippen molar-refractivity contribution in [2.24, 2.45) is 0 Å². The summed E-state index contributed by atoms with van der Waals surface area (Å²) in [5.74, 6) is 0.827. The molecule has 26 heavy (non-hydrogen) atoms. The van der Waals surface area contributed by atoms with Crippen molar-refractivity contribution in [3.8, 4) is 5.75 Å². The lowest BCUT2D eigenvalue weighted by Gasteiger charge is -2.26. The Labute approximate surface area is 162 Å². The first-order valence-electron chi connectivity index (χ1n) is 9.06. The molecule has 0 radical (unpaired) electrons. The molecule has 0 saturated carbocycles. The van der Waals surface area contributed by atoms with Crippen molar-refractivity contribution >= 4 is 12.4 Å². The van der Waals surface area contributed by atoms with E-state index in [1.54, 1.807) is 0 Å². The van der Waals surface area contributed by atoms with E-state index in [1.807, 2.05) is 30.3 Å². The van der Waals surface area contributed by atoms with Crippen LogP contribution in [-0.4, -0.2) is 30.4 Å². The zero-order valence-corrected chi connectivity index (χ0v) is 15.9. The fourth-order valence-corrected chi connectivity index (χ4v) is 3.39. The molecule has 4 heteroatoms. The number of fused-ring (bicyclic) bond motifs is 1. The van der Waals surface area contributed by atoms with E-state index in [1.165, 1.54) is 11.1 Å². The highest BCUT2D eigenvalue weighted by atomic mass is 35.5. The largest absolute Gasteiger partial charge is 0.491 e. The molecule has 0 bridgehead atoms. The summed E-state index contributed by atoms with van der Waals surface area (Å²) in [6, 6.07) is 17.0. The lowest BCUT2D eigenvalue weighted by Crippen LogP contribution is -2.40. The third kappa shape index (κ3) is 5.60. The van der Waals surface area contributed by atoms with Gasteiger partial charge in [0, 0.05) is 12.6 Å². The van der Waals surface area contributed by atoms with Gasteiger partial charge < -0.3 is 15.2 Å². The maximum Gasteiger partial charge on any atom is 0.122 e. The fourth-order valence-electron chi connectivity index (χ4n) is 3.39. The van der Waals surface area contributed by atoms with E-state index in [4.69, 9.17) is 4.74 Å². The van der Waals surface area contributed by atoms with E-state index in [-0.39, 0.29) is 12.4 Å². The Kier molecular flexibility index (Phi) is 8.17. The van der Waals surface area contributed by atoms with Crippen LogP contribution in [0.15, 0.2) is 61.2 Å². The number of allylic oxidation sites excluding steroid dienone is 1. The molecule has 140 valence electrons. The van der Waals surface area contributed by atoms with Crippen LogP contribution in [0.25, 0.3) is 0 Å². The van der Waals surface area contributed by atoms with Crippen LogP contribution >= 0.6 is 12.4 Å². The minimum Gasteiger partial charge on any atom is -0.491 e. The summed E-state index contributed by atoms with van der Waals surface area (Å²) in [6.45, 7) is 4.62. The van der Waals surface area contributed by atoms with Crippen molar-refractivity contribution in [1.29, 1.82) is 0 Å². The summed E-state index contributed by atoms with van der Waals surface area (Å²) in [6.07, 6.45) is 5.37. The van der Waals surface area contributed by atoms with E-state index in [0.717, 1.165) is 37.0 Å². The van der Waals surface area contributed by atoms with Gasteiger partial charge >= 0.3 is 0 Å². The van der Waals surface area contributed by atoms with Crippen LogP contribution in [0.1, 0.15) is 23.1 Å². The highest BCUT2D eigenvalue weighted by Crippen LogP contribution is 2.21. The smallest absolute Gasteiger partial charge is 0.122 e. The second-order valence-corrected chi connectivity index (χ2v) is 6.68. The average molecular weight is 374 g/mol. The Hall–Kier alpha value is -1.81. The lowest BCUT2D eigenvalue weighted by molar-refractivity contribution is 0.102. The number of nitrogens with one attached hydrogen (secondary N) is 1. The van der Waals surface area contributed by atoms with Crippen molar-refractivity contribution in [1.82, 2.24) is 5.32 Å². The number of hydrogen-bond donors (Lipinski definition) is 2. The monoisotopic (exact) mass is 373 g/mol. The van der Waals surface area contributed by atoms with Gasteiger partial charge in [0.05, 0.1) is 0 Å². The van der Waals surface area contributed by atoms with Crippen LogP contribution in [0, 0.1) is 0 Å². The second-order valence-electron chi connectivity index (χ2n) is 6.68. The first kappa shape index (κ1) is 20.5. The van der Waals surface area contributed by atoms with Crippen molar-refractivity contribution in [3.63, 3.8) is 0 Å². The van der Waals surface area contributed by atoms with Gasteiger partial charge in [-0.1, -0.05) is 48.5 Å². The summed E-state index contributed by atoms with van der Waals surface area (Å²) in [4.78, 5) is 0. The number of rotatable bonds is 8. The predicted octanol–water partition coefficient (Wildman–Crippen LogP) is 3.72. The Morgan fingerprint density at radius 3 is 2.69 bits per heavy atom. The van der Waals surface area contributed by atoms with E-state index in [2.05, 4.69) is 36.2 Å². The zero-order valence-electron chi connectivity index (χ0n) is 15.1. The Morgan fingerprint density at radius 2 is 1.88 bits per heavy atom. The van der Waals surface area contributed by atoms with Crippen molar-refractivity contribution in [2.75, 3.05) is 13.2 Å². The van der Waals surface area contributed by atoms with Gasteiger partial charge in [-0.3, -0.25) is 0 Å². The molecule has 2 aromatic carbocycles. The van der Waals surface area contributed by atoms with Crippen molar-refractivity contribution < 1.29 is 9.84 Å². The van der Waals surface area contributed by atoms with Crippen LogP contribution in [0.5, 0.6) is 5.75 Å². The summed E-state index contributed by atoms with van der Waals surface area (Å²) in [5.41, 5.74) is 3.99. The number of ether oxygens (including phenoxy) is 1. The van der Waals surface area contributed by atoms with Gasteiger partial charge in [0.25, 0.3) is 0 Å². The normalized spacial score (nSPS) is 16.9. The molecule has 2 N–H and O–H groups in total. The van der Waals surface area contributed by atoms with Gasteiger partial charge in [0.2, 0.25) is 0 Å². The second kappa shape index (κ2) is 10.4. The van der Waals surface area contributed by atoms with Gasteiger partial charge in [-0.15, -0.1) is 19.0 Å². The molecule has 0 aliphatic heterocycles. The zero-order chi connectivity index (χ0) is 17.5. The SMILES string of the molecule is C=CCc1ccccc1OCC(O)CNC1CCc2ccccc2C1.Cl. The average Bonchev–Trinajstić information content (AvgIpc) is 2.66. The maximum absolute atomic E-state index is 10.2. The molecule has 0 aromatic heterocycles. The summed E-state index contributed by atoms with van der Waals surface area (Å²) < 4.78 is 5.81. The molecule has 1 aliphatic rings. The quantitative estimate of drug-likeness (QED) is 0.693. The molecule has 0 saturated heterocycles. The number of halogens is 1.